The monoisotopic (exact) mass is 412 g/mol. The van der Waals surface area contributed by atoms with Gasteiger partial charge in [-0.2, -0.15) is 4.99 Å². The van der Waals surface area contributed by atoms with Gasteiger partial charge in [0.25, 0.3) is 0 Å². The molecule has 1 fully saturated rings. The van der Waals surface area contributed by atoms with Gasteiger partial charge >= 0.3 is 0 Å². The zero-order valence-electron chi connectivity index (χ0n) is 15.8. The maximum atomic E-state index is 14.5. The van der Waals surface area contributed by atoms with Crippen LogP contribution in [-0.2, 0) is 17.6 Å². The predicted molar refractivity (Wildman–Crippen MR) is 112 cm³/mol. The number of aromatic nitrogens is 1. The van der Waals surface area contributed by atoms with E-state index in [4.69, 9.17) is 15.0 Å². The van der Waals surface area contributed by atoms with Gasteiger partial charge in [0.15, 0.2) is 5.82 Å². The number of halogens is 1. The Morgan fingerprint density at radius 1 is 1.17 bits per heavy atom. The molecule has 0 aliphatic carbocycles. The summed E-state index contributed by atoms with van der Waals surface area (Å²) in [5.41, 5.74) is 8.37. The molecule has 1 aliphatic heterocycles. The summed E-state index contributed by atoms with van der Waals surface area (Å²) in [5, 5.41) is 3.95. The molecule has 1 saturated heterocycles. The van der Waals surface area contributed by atoms with Crippen molar-refractivity contribution in [3.63, 3.8) is 0 Å². The van der Waals surface area contributed by atoms with E-state index in [0.29, 0.717) is 55.0 Å². The number of hydrogen-bond acceptors (Lipinski definition) is 5. The number of hydrogen-bond donors (Lipinski definition) is 1. The lowest BCUT2D eigenvalue weighted by atomic mass is 10.0. The van der Waals surface area contributed by atoms with E-state index in [1.54, 1.807) is 12.1 Å². The Morgan fingerprint density at radius 2 is 2.03 bits per heavy atom. The number of rotatable bonds is 5. The summed E-state index contributed by atoms with van der Waals surface area (Å²) in [6.45, 7) is 1.29. The van der Waals surface area contributed by atoms with Crippen molar-refractivity contribution in [1.29, 1.82) is 0 Å². The molecule has 6 nitrogen and oxygen atoms in total. The zero-order chi connectivity index (χ0) is 20.1. The van der Waals surface area contributed by atoms with Gasteiger partial charge in [0.05, 0.1) is 13.2 Å². The molecule has 2 aromatic carbocycles. The fraction of sp³-hybridized carbons (Fsp3) is 0.238. The highest BCUT2D eigenvalue weighted by Gasteiger charge is 2.14. The Bertz CT molecular complexity index is 987. The summed E-state index contributed by atoms with van der Waals surface area (Å²) < 4.78 is 27.0. The van der Waals surface area contributed by atoms with Crippen LogP contribution in [0.4, 0.5) is 10.2 Å². The van der Waals surface area contributed by atoms with Gasteiger partial charge in [-0.15, -0.1) is 0 Å². The van der Waals surface area contributed by atoms with Crippen LogP contribution in [0.15, 0.2) is 64.1 Å². The van der Waals surface area contributed by atoms with Crippen molar-refractivity contribution in [2.75, 3.05) is 19.1 Å². The Labute approximate surface area is 172 Å². The number of guanidine groups is 1. The Hall–Kier alpha value is -2.84. The van der Waals surface area contributed by atoms with Gasteiger partial charge in [0.1, 0.15) is 17.5 Å². The van der Waals surface area contributed by atoms with Crippen molar-refractivity contribution in [3.05, 3.63) is 71.7 Å². The minimum Gasteiger partial charge on any atom is -0.369 e. The first-order chi connectivity index (χ1) is 14.2. The molecule has 2 N–H and O–H groups in total. The molecule has 4 rings (SSSR count). The van der Waals surface area contributed by atoms with Crippen LogP contribution >= 0.6 is 11.9 Å². The van der Waals surface area contributed by atoms with Crippen molar-refractivity contribution in [2.24, 2.45) is 10.7 Å². The first kappa shape index (κ1) is 19.5. The third kappa shape index (κ3) is 4.96. The lowest BCUT2D eigenvalue weighted by Crippen LogP contribution is -2.37. The molecule has 2 heterocycles. The summed E-state index contributed by atoms with van der Waals surface area (Å²) in [6.07, 6.45) is 1.23. The topological polar surface area (TPSA) is 76.9 Å². The van der Waals surface area contributed by atoms with Crippen LogP contribution < -0.4 is 5.73 Å². The summed E-state index contributed by atoms with van der Waals surface area (Å²) in [6, 6.07) is 16.6. The molecule has 0 radical (unpaired) electrons. The SMILES string of the molecule is NC(=Nc1cc(CCc2ccc(-c3ccccc3)c(F)c2)on1)N1CCOCS1. The van der Waals surface area contributed by atoms with Crippen LogP contribution in [-0.4, -0.2) is 34.5 Å². The molecule has 8 heteroatoms. The molecular weight excluding hydrogens is 391 g/mol. The van der Waals surface area contributed by atoms with Gasteiger partial charge in [-0.25, -0.2) is 4.39 Å². The van der Waals surface area contributed by atoms with E-state index in [-0.39, 0.29) is 5.82 Å². The normalized spacial score (nSPS) is 14.9. The number of ether oxygens (including phenoxy) is 1. The molecule has 0 unspecified atom stereocenters. The third-order valence-electron chi connectivity index (χ3n) is 4.54. The molecule has 0 atom stereocenters. The molecule has 0 saturated carbocycles. The number of aryl methyl sites for hydroxylation is 2. The smallest absolute Gasteiger partial charge is 0.208 e. The molecule has 1 aliphatic rings. The van der Waals surface area contributed by atoms with Gasteiger partial charge in [0.2, 0.25) is 5.96 Å². The van der Waals surface area contributed by atoms with Gasteiger partial charge < -0.3 is 15.0 Å². The largest absolute Gasteiger partial charge is 0.369 e. The van der Waals surface area contributed by atoms with Crippen LogP contribution in [0.2, 0.25) is 0 Å². The number of aliphatic imine (C=N–C) groups is 1. The van der Waals surface area contributed by atoms with Crippen LogP contribution in [0.3, 0.4) is 0 Å². The van der Waals surface area contributed by atoms with Crippen molar-refractivity contribution >= 4 is 23.7 Å². The molecule has 1 aromatic heterocycles. The zero-order valence-corrected chi connectivity index (χ0v) is 16.6. The van der Waals surface area contributed by atoms with E-state index in [1.165, 1.54) is 11.9 Å². The quantitative estimate of drug-likeness (QED) is 0.385. The van der Waals surface area contributed by atoms with Gasteiger partial charge in [-0.05, 0) is 35.6 Å². The van der Waals surface area contributed by atoms with E-state index in [0.717, 1.165) is 11.1 Å². The first-order valence-corrected chi connectivity index (χ1v) is 10.2. The fourth-order valence-corrected chi connectivity index (χ4v) is 3.73. The average Bonchev–Trinajstić information content (AvgIpc) is 3.21. The minimum absolute atomic E-state index is 0.229. The molecule has 29 heavy (non-hydrogen) atoms. The second-order valence-electron chi connectivity index (χ2n) is 6.56. The molecule has 150 valence electrons. The van der Waals surface area contributed by atoms with Gasteiger partial charge in [-0.1, -0.05) is 47.6 Å². The lowest BCUT2D eigenvalue weighted by molar-refractivity contribution is 0.162. The Morgan fingerprint density at radius 3 is 2.79 bits per heavy atom. The second kappa shape index (κ2) is 9.11. The van der Waals surface area contributed by atoms with Crippen LogP contribution in [0, 0.1) is 5.82 Å². The van der Waals surface area contributed by atoms with Crippen molar-refractivity contribution in [3.8, 4) is 11.1 Å². The van der Waals surface area contributed by atoms with E-state index in [1.807, 2.05) is 46.8 Å². The summed E-state index contributed by atoms with van der Waals surface area (Å²) in [5.74, 6) is 1.80. The maximum Gasteiger partial charge on any atom is 0.208 e. The predicted octanol–water partition coefficient (Wildman–Crippen LogP) is 4.15. The van der Waals surface area contributed by atoms with Gasteiger partial charge in [-0.3, -0.25) is 4.31 Å². The van der Waals surface area contributed by atoms with E-state index in [9.17, 15) is 4.39 Å². The third-order valence-corrected chi connectivity index (χ3v) is 5.49. The molecule has 0 bridgehead atoms. The van der Waals surface area contributed by atoms with Crippen LogP contribution in [0.25, 0.3) is 11.1 Å². The van der Waals surface area contributed by atoms with Crippen molar-refractivity contribution < 1.29 is 13.7 Å². The van der Waals surface area contributed by atoms with Gasteiger partial charge in [0, 0.05) is 18.1 Å². The first-order valence-electron chi connectivity index (χ1n) is 9.31. The molecule has 3 aromatic rings. The second-order valence-corrected chi connectivity index (χ2v) is 7.49. The lowest BCUT2D eigenvalue weighted by Gasteiger charge is -2.25. The average molecular weight is 412 g/mol. The van der Waals surface area contributed by atoms with E-state index in [2.05, 4.69) is 10.1 Å². The highest BCUT2D eigenvalue weighted by molar-refractivity contribution is 7.97. The summed E-state index contributed by atoms with van der Waals surface area (Å²) in [4.78, 5) is 4.30. The van der Waals surface area contributed by atoms with E-state index < -0.39 is 0 Å². The summed E-state index contributed by atoms with van der Waals surface area (Å²) >= 11 is 1.47. The van der Waals surface area contributed by atoms with E-state index >= 15 is 0 Å². The maximum absolute atomic E-state index is 14.5. The Kier molecular flexibility index (Phi) is 6.12. The van der Waals surface area contributed by atoms with Crippen LogP contribution in [0.5, 0.6) is 0 Å². The van der Waals surface area contributed by atoms with Crippen molar-refractivity contribution in [1.82, 2.24) is 9.46 Å². The molecular formula is C21H21FN4O2S. The summed E-state index contributed by atoms with van der Waals surface area (Å²) in [7, 11) is 0. The number of nitrogens with zero attached hydrogens (tertiary/aromatic N) is 3. The molecule has 0 spiro atoms. The Balaban J connectivity index is 1.38. The van der Waals surface area contributed by atoms with Crippen molar-refractivity contribution in [2.45, 2.75) is 12.8 Å². The van der Waals surface area contributed by atoms with Crippen LogP contribution in [0.1, 0.15) is 11.3 Å². The molecule has 0 amide bonds. The fourth-order valence-electron chi connectivity index (χ4n) is 3.03. The number of benzene rings is 2. The standard InChI is InChI=1S/C21H21FN4O2S/c22-19-12-15(7-9-18(19)16-4-2-1-3-5-16)6-8-17-13-20(25-28-17)24-21(23)26-10-11-27-14-29-26/h1-5,7,9,12-13H,6,8,10-11,14H2,(H2,23,24,25). The highest BCUT2D eigenvalue weighted by Crippen LogP contribution is 2.24. The minimum atomic E-state index is -0.229. The number of nitrogens with two attached hydrogens (primary N) is 1. The highest BCUT2D eigenvalue weighted by atomic mass is 32.2.